The number of benzene rings is 2. The lowest BCUT2D eigenvalue weighted by Crippen LogP contribution is -2.25. The number of hydrogen-bond acceptors (Lipinski definition) is 5. The molecule has 0 aliphatic carbocycles. The fourth-order valence-corrected chi connectivity index (χ4v) is 4.22. The third kappa shape index (κ3) is 3.31. The highest BCUT2D eigenvalue weighted by Crippen LogP contribution is 2.46. The molecule has 2 heterocycles. The van der Waals surface area contributed by atoms with Crippen molar-refractivity contribution in [2.45, 2.75) is 6.54 Å². The molecule has 0 spiro atoms. The maximum Gasteiger partial charge on any atom is 0.232 e. The molecule has 0 aliphatic heterocycles. The average molecular weight is 468 g/mol. The van der Waals surface area contributed by atoms with Gasteiger partial charge in [0.1, 0.15) is 22.2 Å². The molecule has 0 amide bonds. The maximum absolute atomic E-state index is 14.4. The van der Waals surface area contributed by atoms with Gasteiger partial charge >= 0.3 is 0 Å². The van der Waals surface area contributed by atoms with Gasteiger partial charge in [-0.25, -0.2) is 17.2 Å². The van der Waals surface area contributed by atoms with Crippen LogP contribution in [-0.4, -0.2) is 41.5 Å². The number of sulfonamides is 1. The Morgan fingerprint density at radius 1 is 1.19 bits per heavy atom. The Labute approximate surface area is 180 Å². The number of hydrogen-bond donors (Lipinski definition) is 2. The van der Waals surface area contributed by atoms with Crippen LogP contribution in [0, 0.1) is 11.6 Å². The lowest BCUT2D eigenvalue weighted by Gasteiger charge is -2.20. The molecule has 2 aromatic heterocycles. The van der Waals surface area contributed by atoms with E-state index in [1.54, 1.807) is 12.1 Å². The van der Waals surface area contributed by atoms with Crippen molar-refractivity contribution in [2.75, 3.05) is 17.6 Å². The smallest absolute Gasteiger partial charge is 0.232 e. The first-order valence-electron chi connectivity index (χ1n) is 8.90. The molecule has 162 valence electrons. The minimum Gasteiger partial charge on any atom is -0.505 e. The van der Waals surface area contributed by atoms with Crippen molar-refractivity contribution in [3.63, 3.8) is 0 Å². The topological polar surface area (TPSA) is 95.7 Å². The lowest BCUT2D eigenvalue weighted by atomic mass is 10.1. The summed E-state index contributed by atoms with van der Waals surface area (Å²) in [5, 5.41) is 21.4. The highest BCUT2D eigenvalue weighted by molar-refractivity contribution is 7.92. The number of phenolic OH excluding ortho intramolecular Hbond substituents is 1. The molecule has 0 atom stereocenters. The molecule has 0 radical (unpaired) electrons. The highest BCUT2D eigenvalue weighted by Gasteiger charge is 2.26. The van der Waals surface area contributed by atoms with Crippen LogP contribution in [0.15, 0.2) is 36.7 Å². The summed E-state index contributed by atoms with van der Waals surface area (Å²) in [6.07, 6.45) is 3.81. The van der Waals surface area contributed by atoms with E-state index in [1.165, 1.54) is 30.1 Å². The predicted octanol–water partition coefficient (Wildman–Crippen LogP) is 3.98. The third-order valence-electron chi connectivity index (χ3n) is 5.10. The quantitative estimate of drug-likeness (QED) is 0.443. The number of fused-ring (bicyclic) bond motifs is 2. The van der Waals surface area contributed by atoms with Gasteiger partial charge in [0.05, 0.1) is 23.9 Å². The van der Waals surface area contributed by atoms with Crippen molar-refractivity contribution in [3.05, 3.63) is 58.9 Å². The van der Waals surface area contributed by atoms with Gasteiger partial charge < -0.3 is 14.8 Å². The summed E-state index contributed by atoms with van der Waals surface area (Å²) in [7, 11) is -2.38. The minimum atomic E-state index is -3.72. The number of halogens is 3. The van der Waals surface area contributed by atoms with Crippen LogP contribution in [0.25, 0.3) is 21.7 Å². The van der Waals surface area contributed by atoms with Gasteiger partial charge in [0, 0.05) is 35.8 Å². The fourth-order valence-electron chi connectivity index (χ4n) is 3.50. The Balaban J connectivity index is 2.04. The molecule has 0 saturated heterocycles. The molecular formula is C20H16ClF2N3O4S. The molecule has 2 N–H and O–H groups in total. The second kappa shape index (κ2) is 7.24. The van der Waals surface area contributed by atoms with Gasteiger partial charge in [0.15, 0.2) is 5.75 Å². The van der Waals surface area contributed by atoms with E-state index in [1.807, 2.05) is 0 Å². The summed E-state index contributed by atoms with van der Waals surface area (Å²) in [5.74, 6) is -2.70. The zero-order chi connectivity index (χ0) is 22.7. The zero-order valence-corrected chi connectivity index (χ0v) is 17.8. The Morgan fingerprint density at radius 3 is 2.58 bits per heavy atom. The number of pyridine rings is 1. The molecule has 0 aliphatic rings. The second-order valence-corrected chi connectivity index (χ2v) is 9.42. The van der Waals surface area contributed by atoms with E-state index in [2.05, 4.69) is 4.98 Å². The Bertz CT molecular complexity index is 1470. The van der Waals surface area contributed by atoms with Gasteiger partial charge in [-0.1, -0.05) is 17.7 Å². The summed E-state index contributed by atoms with van der Waals surface area (Å²) in [5.41, 5.74) is 0.261. The molecule has 0 saturated carbocycles. The normalized spacial score (nSPS) is 12.0. The number of aromatic nitrogens is 2. The molecule has 0 unspecified atom stereocenters. The van der Waals surface area contributed by atoms with Crippen LogP contribution in [-0.2, 0) is 16.6 Å². The molecule has 7 nitrogen and oxygen atoms in total. The van der Waals surface area contributed by atoms with Gasteiger partial charge in [-0.15, -0.1) is 0 Å². The van der Waals surface area contributed by atoms with Gasteiger partial charge in [0.2, 0.25) is 15.9 Å². The van der Waals surface area contributed by atoms with Crippen molar-refractivity contribution in [2.24, 2.45) is 0 Å². The number of anilines is 1. The third-order valence-corrected chi connectivity index (χ3v) is 6.62. The summed E-state index contributed by atoms with van der Waals surface area (Å²) >= 11 is 5.64. The first-order chi connectivity index (χ1) is 14.5. The Kier molecular flexibility index (Phi) is 4.94. The van der Waals surface area contributed by atoms with E-state index < -0.39 is 32.6 Å². The lowest BCUT2D eigenvalue weighted by molar-refractivity contribution is 0.423. The fraction of sp³-hybridized carbons (Fsp3) is 0.150. The minimum absolute atomic E-state index is 0.0119. The van der Waals surface area contributed by atoms with Crippen LogP contribution >= 0.6 is 11.6 Å². The first-order valence-corrected chi connectivity index (χ1v) is 11.1. The Hall–Kier alpha value is -3.11. The van der Waals surface area contributed by atoms with E-state index in [0.29, 0.717) is 5.39 Å². The highest BCUT2D eigenvalue weighted by atomic mass is 35.5. The van der Waals surface area contributed by atoms with Crippen LogP contribution in [0.3, 0.4) is 0 Å². The number of aromatic hydroxyl groups is 2. The number of phenols is 1. The summed E-state index contributed by atoms with van der Waals surface area (Å²) in [6, 6.07) is 5.36. The van der Waals surface area contributed by atoms with Crippen molar-refractivity contribution in [1.29, 1.82) is 0 Å². The van der Waals surface area contributed by atoms with Gasteiger partial charge in [-0.3, -0.25) is 9.29 Å². The molecule has 11 heteroatoms. The Morgan fingerprint density at radius 2 is 1.90 bits per heavy atom. The van der Waals surface area contributed by atoms with Crippen molar-refractivity contribution in [3.8, 4) is 11.6 Å². The molecule has 4 rings (SSSR count). The van der Waals surface area contributed by atoms with Gasteiger partial charge in [0.25, 0.3) is 0 Å². The van der Waals surface area contributed by atoms with Gasteiger partial charge in [-0.2, -0.15) is 0 Å². The maximum atomic E-state index is 14.4. The average Bonchev–Trinajstić information content (AvgIpc) is 3.04. The van der Waals surface area contributed by atoms with Crippen molar-refractivity contribution >= 4 is 49.0 Å². The van der Waals surface area contributed by atoms with E-state index >= 15 is 0 Å². The molecule has 0 fully saturated rings. The summed E-state index contributed by atoms with van der Waals surface area (Å²) in [6.45, 7) is -0.252. The van der Waals surface area contributed by atoms with E-state index in [4.69, 9.17) is 11.6 Å². The summed E-state index contributed by atoms with van der Waals surface area (Å²) in [4.78, 5) is 4.11. The van der Waals surface area contributed by atoms with Crippen molar-refractivity contribution in [1.82, 2.24) is 9.55 Å². The largest absolute Gasteiger partial charge is 0.505 e. The van der Waals surface area contributed by atoms with Crippen LogP contribution in [0.4, 0.5) is 14.5 Å². The molecule has 4 aromatic rings. The first kappa shape index (κ1) is 21.1. The SMILES string of the molecule is CN(c1c2cccnc2c(O)c2c(O)n(Cc3ccc(F)c(Cl)c3F)cc12)S(C)(=O)=O. The van der Waals surface area contributed by atoms with Crippen molar-refractivity contribution < 1.29 is 27.4 Å². The van der Waals surface area contributed by atoms with E-state index in [-0.39, 0.29) is 39.8 Å². The van der Waals surface area contributed by atoms with E-state index in [9.17, 15) is 27.4 Å². The molecule has 0 bridgehead atoms. The summed E-state index contributed by atoms with van der Waals surface area (Å²) < 4.78 is 54.6. The number of rotatable bonds is 4. The standard InChI is InChI=1S/C20H16ClF2N3O4S/c1-25(31(2,29)30)18-11-4-3-7-24-17(11)19(27)14-12(18)9-26(20(14)28)8-10-5-6-13(22)15(21)16(10)23/h3-7,9,27-28H,8H2,1-2H3. The zero-order valence-electron chi connectivity index (χ0n) is 16.3. The van der Waals surface area contributed by atoms with E-state index in [0.717, 1.165) is 16.6 Å². The van der Waals surface area contributed by atoms with Gasteiger partial charge in [-0.05, 0) is 18.2 Å². The van der Waals surface area contributed by atoms with Crippen LogP contribution < -0.4 is 4.31 Å². The molecule has 2 aromatic carbocycles. The van der Waals surface area contributed by atoms with Crippen LogP contribution in [0.2, 0.25) is 5.02 Å². The second-order valence-electron chi connectivity index (χ2n) is 7.03. The molecule has 31 heavy (non-hydrogen) atoms. The monoisotopic (exact) mass is 467 g/mol. The van der Waals surface area contributed by atoms with Crippen LogP contribution in [0.1, 0.15) is 5.56 Å². The number of nitrogens with zero attached hydrogens (tertiary/aromatic N) is 3. The predicted molar refractivity (Wildman–Crippen MR) is 114 cm³/mol. The molecular weight excluding hydrogens is 452 g/mol. The van der Waals surface area contributed by atoms with Crippen LogP contribution in [0.5, 0.6) is 11.6 Å².